The summed E-state index contributed by atoms with van der Waals surface area (Å²) in [6.45, 7) is 0. The fourth-order valence-corrected chi connectivity index (χ4v) is 2.09. The van der Waals surface area contributed by atoms with Gasteiger partial charge in [-0.1, -0.05) is 12.8 Å². The lowest BCUT2D eigenvalue weighted by molar-refractivity contribution is 0.512. The Morgan fingerprint density at radius 2 is 2.29 bits per heavy atom. The topological polar surface area (TPSA) is 29.3 Å². The minimum Gasteiger partial charge on any atom is -0.432 e. The molecule has 3 nitrogen and oxygen atoms in total. The van der Waals surface area contributed by atoms with Crippen molar-refractivity contribution in [3.8, 4) is 0 Å². The van der Waals surface area contributed by atoms with E-state index in [-0.39, 0.29) is 0 Å². The summed E-state index contributed by atoms with van der Waals surface area (Å²) in [5.41, 5.74) is 0.812. The molecule has 0 aromatic carbocycles. The Kier molecular flexibility index (Phi) is 2.96. The van der Waals surface area contributed by atoms with Crippen LogP contribution in [0.25, 0.3) is 0 Å². The first-order valence-corrected chi connectivity index (χ1v) is 5.58. The Labute approximate surface area is 89.1 Å². The zero-order valence-electron chi connectivity index (χ0n) is 8.37. The maximum absolute atomic E-state index is 5.66. The van der Waals surface area contributed by atoms with Crippen LogP contribution in [0.15, 0.2) is 10.7 Å². The number of hydrogen-bond acceptors (Lipinski definition) is 3. The standard InChI is InChI=1S/C10H15ClN2O/c1-13(9-4-2-3-5-9)10-12-8(6-11)7-14-10/h7,9H,2-6H2,1H3. The van der Waals surface area contributed by atoms with Crippen molar-refractivity contribution < 1.29 is 4.42 Å². The van der Waals surface area contributed by atoms with Gasteiger partial charge in [-0.2, -0.15) is 4.98 Å². The predicted octanol–water partition coefficient (Wildman–Crippen LogP) is 2.79. The highest BCUT2D eigenvalue weighted by Crippen LogP contribution is 2.26. The highest BCUT2D eigenvalue weighted by molar-refractivity contribution is 6.16. The second-order valence-electron chi connectivity index (χ2n) is 3.80. The second kappa shape index (κ2) is 4.22. The molecule has 1 aromatic rings. The number of hydrogen-bond donors (Lipinski definition) is 0. The summed E-state index contributed by atoms with van der Waals surface area (Å²) in [6.07, 6.45) is 6.76. The van der Waals surface area contributed by atoms with Crippen molar-refractivity contribution in [3.05, 3.63) is 12.0 Å². The summed E-state index contributed by atoms with van der Waals surface area (Å²) >= 11 is 5.66. The summed E-state index contributed by atoms with van der Waals surface area (Å²) in [7, 11) is 2.04. The molecule has 4 heteroatoms. The van der Waals surface area contributed by atoms with Gasteiger partial charge in [0.25, 0.3) is 6.01 Å². The Bertz CT molecular complexity index is 294. The first kappa shape index (κ1) is 9.84. The maximum Gasteiger partial charge on any atom is 0.297 e. The zero-order chi connectivity index (χ0) is 9.97. The monoisotopic (exact) mass is 214 g/mol. The number of nitrogens with zero attached hydrogens (tertiary/aromatic N) is 2. The van der Waals surface area contributed by atoms with E-state index in [1.165, 1.54) is 25.7 Å². The van der Waals surface area contributed by atoms with Gasteiger partial charge in [-0.3, -0.25) is 0 Å². The van der Waals surface area contributed by atoms with Crippen LogP contribution in [0.4, 0.5) is 6.01 Å². The van der Waals surface area contributed by atoms with Crippen LogP contribution in [-0.2, 0) is 5.88 Å². The number of oxazole rings is 1. The summed E-state index contributed by atoms with van der Waals surface area (Å²) in [5, 5.41) is 0. The summed E-state index contributed by atoms with van der Waals surface area (Å²) in [5.74, 6) is 0.419. The van der Waals surface area contributed by atoms with Crippen molar-refractivity contribution in [1.29, 1.82) is 0 Å². The van der Waals surface area contributed by atoms with Crippen LogP contribution in [0.3, 0.4) is 0 Å². The minimum absolute atomic E-state index is 0.419. The van der Waals surface area contributed by atoms with Gasteiger partial charge >= 0.3 is 0 Å². The van der Waals surface area contributed by atoms with Gasteiger partial charge in [0.1, 0.15) is 6.26 Å². The van der Waals surface area contributed by atoms with Crippen LogP contribution >= 0.6 is 11.6 Å². The van der Waals surface area contributed by atoms with Crippen molar-refractivity contribution in [2.75, 3.05) is 11.9 Å². The smallest absolute Gasteiger partial charge is 0.297 e. The summed E-state index contributed by atoms with van der Waals surface area (Å²) in [4.78, 5) is 6.43. The molecule has 1 fully saturated rings. The van der Waals surface area contributed by atoms with Gasteiger partial charge in [0, 0.05) is 13.1 Å². The van der Waals surface area contributed by atoms with E-state index in [4.69, 9.17) is 16.0 Å². The lowest BCUT2D eigenvalue weighted by atomic mass is 10.2. The highest BCUT2D eigenvalue weighted by atomic mass is 35.5. The third kappa shape index (κ3) is 1.87. The molecule has 0 amide bonds. The fourth-order valence-electron chi connectivity index (χ4n) is 1.97. The molecule has 78 valence electrons. The van der Waals surface area contributed by atoms with E-state index >= 15 is 0 Å². The van der Waals surface area contributed by atoms with Crippen LogP contribution in [0, 0.1) is 0 Å². The van der Waals surface area contributed by atoms with Crippen LogP contribution in [0.5, 0.6) is 0 Å². The van der Waals surface area contributed by atoms with Gasteiger partial charge in [0.2, 0.25) is 0 Å². The van der Waals surface area contributed by atoms with E-state index < -0.39 is 0 Å². The lowest BCUT2D eigenvalue weighted by Crippen LogP contribution is -2.28. The highest BCUT2D eigenvalue weighted by Gasteiger charge is 2.22. The fraction of sp³-hybridized carbons (Fsp3) is 0.700. The van der Waals surface area contributed by atoms with Gasteiger partial charge in [0.05, 0.1) is 11.6 Å². The summed E-state index contributed by atoms with van der Waals surface area (Å²) < 4.78 is 5.36. The molecule has 0 saturated heterocycles. The first-order chi connectivity index (χ1) is 6.81. The minimum atomic E-state index is 0.419. The molecular formula is C10H15ClN2O. The molecule has 2 rings (SSSR count). The Morgan fingerprint density at radius 1 is 1.57 bits per heavy atom. The molecule has 1 aliphatic carbocycles. The Hall–Kier alpha value is -0.700. The number of rotatable bonds is 3. The first-order valence-electron chi connectivity index (χ1n) is 5.04. The third-order valence-electron chi connectivity index (χ3n) is 2.85. The number of aromatic nitrogens is 1. The maximum atomic E-state index is 5.66. The molecule has 0 atom stereocenters. The van der Waals surface area contributed by atoms with Gasteiger partial charge in [-0.05, 0) is 12.8 Å². The third-order valence-corrected chi connectivity index (χ3v) is 3.12. The van der Waals surface area contributed by atoms with E-state index in [1.807, 2.05) is 7.05 Å². The normalized spacial score (nSPS) is 17.6. The number of alkyl halides is 1. The quantitative estimate of drug-likeness (QED) is 0.725. The van der Waals surface area contributed by atoms with E-state index in [2.05, 4.69) is 9.88 Å². The van der Waals surface area contributed by atoms with Crippen LogP contribution in [0.1, 0.15) is 31.4 Å². The number of anilines is 1. The van der Waals surface area contributed by atoms with Crippen LogP contribution in [0.2, 0.25) is 0 Å². The molecule has 14 heavy (non-hydrogen) atoms. The second-order valence-corrected chi connectivity index (χ2v) is 4.07. The van der Waals surface area contributed by atoms with Crippen molar-refractivity contribution in [1.82, 2.24) is 4.98 Å². The molecule has 1 aliphatic rings. The van der Waals surface area contributed by atoms with E-state index in [0.29, 0.717) is 17.9 Å². The molecule has 1 aromatic heterocycles. The van der Waals surface area contributed by atoms with Crippen LogP contribution < -0.4 is 4.90 Å². The molecule has 1 saturated carbocycles. The molecular weight excluding hydrogens is 200 g/mol. The SMILES string of the molecule is CN(c1nc(CCl)co1)C1CCCC1. The Balaban J connectivity index is 2.05. The molecule has 1 heterocycles. The van der Waals surface area contributed by atoms with Gasteiger partial charge in [-0.15, -0.1) is 11.6 Å². The van der Waals surface area contributed by atoms with Gasteiger partial charge < -0.3 is 9.32 Å². The molecule has 0 spiro atoms. The van der Waals surface area contributed by atoms with E-state index in [0.717, 1.165) is 5.69 Å². The average Bonchev–Trinajstić information content (AvgIpc) is 2.88. The summed E-state index contributed by atoms with van der Waals surface area (Å²) in [6, 6.07) is 1.30. The molecule has 0 bridgehead atoms. The van der Waals surface area contributed by atoms with E-state index in [1.54, 1.807) is 6.26 Å². The van der Waals surface area contributed by atoms with Crippen molar-refractivity contribution in [2.45, 2.75) is 37.6 Å². The molecule has 0 unspecified atom stereocenters. The molecule has 0 aliphatic heterocycles. The largest absolute Gasteiger partial charge is 0.432 e. The molecule has 0 radical (unpaired) electrons. The van der Waals surface area contributed by atoms with Gasteiger partial charge in [-0.25, -0.2) is 0 Å². The van der Waals surface area contributed by atoms with Crippen molar-refractivity contribution in [2.24, 2.45) is 0 Å². The van der Waals surface area contributed by atoms with Crippen molar-refractivity contribution in [3.63, 3.8) is 0 Å². The zero-order valence-corrected chi connectivity index (χ0v) is 9.13. The predicted molar refractivity (Wildman–Crippen MR) is 56.7 cm³/mol. The Morgan fingerprint density at radius 3 is 2.86 bits per heavy atom. The average molecular weight is 215 g/mol. The van der Waals surface area contributed by atoms with Crippen molar-refractivity contribution >= 4 is 17.6 Å². The van der Waals surface area contributed by atoms with Gasteiger partial charge in [0.15, 0.2) is 0 Å². The van der Waals surface area contributed by atoms with E-state index in [9.17, 15) is 0 Å². The lowest BCUT2D eigenvalue weighted by Gasteiger charge is -2.21. The number of halogens is 1. The van der Waals surface area contributed by atoms with Crippen LogP contribution in [-0.4, -0.2) is 18.1 Å². The molecule has 0 N–H and O–H groups in total.